The summed E-state index contributed by atoms with van der Waals surface area (Å²) in [5, 5.41) is 23.2. The predicted octanol–water partition coefficient (Wildman–Crippen LogP) is 5.12. The maximum Gasteiger partial charge on any atom is 0.306 e. The number of nitrogens with zero attached hydrogens (tertiary/aromatic N) is 1. The molecule has 42 heavy (non-hydrogen) atoms. The monoisotopic (exact) mass is 613 g/mol. The molecule has 0 spiro atoms. The molecule has 5 rings (SSSR count). The summed E-state index contributed by atoms with van der Waals surface area (Å²) >= 11 is 1.31. The van der Waals surface area contributed by atoms with E-state index >= 15 is 0 Å². The van der Waals surface area contributed by atoms with Crippen LogP contribution in [0.3, 0.4) is 0 Å². The molecule has 9 nitrogen and oxygen atoms in total. The van der Waals surface area contributed by atoms with Crippen molar-refractivity contribution in [1.29, 1.82) is 0 Å². The Morgan fingerprint density at radius 1 is 1.05 bits per heavy atom. The standard InChI is InChI=1S/C31H39N3O6S2/c1-31(2,14-15-35)34-42(39,40)26-13-12-24(22-10-6-7-11-23(22)26)27-25(16-19-8-4-3-5-9-19)33-29(41-27)28(36)32-21-17-20(18-21)30(37)38/h6-7,10-13,19-21,34-35H,3-5,8-9,14-18H2,1-2H3,(H,32,36)(H,37,38). The third-order valence-electron chi connectivity index (χ3n) is 8.49. The Hall–Kier alpha value is -2.86. The van der Waals surface area contributed by atoms with Crippen molar-refractivity contribution in [2.45, 2.75) is 88.1 Å². The molecular weight excluding hydrogens is 574 g/mol. The number of aromatic nitrogens is 1. The van der Waals surface area contributed by atoms with Gasteiger partial charge in [0.05, 0.1) is 21.4 Å². The Bertz CT molecular complexity index is 1570. The van der Waals surface area contributed by atoms with Crippen molar-refractivity contribution in [3.05, 3.63) is 47.1 Å². The van der Waals surface area contributed by atoms with E-state index in [-0.39, 0.29) is 29.9 Å². The molecule has 0 bridgehead atoms. The number of rotatable bonds is 11. The highest BCUT2D eigenvalue weighted by Gasteiger charge is 2.36. The minimum Gasteiger partial charge on any atom is -0.481 e. The van der Waals surface area contributed by atoms with Gasteiger partial charge in [0.25, 0.3) is 5.91 Å². The lowest BCUT2D eigenvalue weighted by Gasteiger charge is -2.32. The van der Waals surface area contributed by atoms with Crippen molar-refractivity contribution in [2.75, 3.05) is 6.61 Å². The fourth-order valence-electron chi connectivity index (χ4n) is 6.10. The third kappa shape index (κ3) is 6.69. The number of thiazole rings is 1. The van der Waals surface area contributed by atoms with Gasteiger partial charge < -0.3 is 15.5 Å². The Labute approximate surface area is 250 Å². The number of carbonyl (C=O) groups excluding carboxylic acids is 1. The van der Waals surface area contributed by atoms with Gasteiger partial charge in [0, 0.05) is 29.1 Å². The van der Waals surface area contributed by atoms with Crippen molar-refractivity contribution < 1.29 is 28.2 Å². The summed E-state index contributed by atoms with van der Waals surface area (Å²) in [7, 11) is -3.91. The molecule has 11 heteroatoms. The van der Waals surface area contributed by atoms with Crippen molar-refractivity contribution in [1.82, 2.24) is 15.0 Å². The third-order valence-corrected chi connectivity index (χ3v) is 11.4. The zero-order chi connectivity index (χ0) is 30.1. The lowest BCUT2D eigenvalue weighted by molar-refractivity contribution is -0.145. The van der Waals surface area contributed by atoms with E-state index in [1.807, 2.05) is 18.2 Å². The molecule has 1 amide bonds. The molecule has 0 aliphatic heterocycles. The molecule has 1 aromatic heterocycles. The topological polar surface area (TPSA) is 146 Å². The first-order chi connectivity index (χ1) is 20.0. The van der Waals surface area contributed by atoms with Crippen molar-refractivity contribution >= 4 is 44.0 Å². The second-order valence-corrected chi connectivity index (χ2v) is 14.9. The fourth-order valence-corrected chi connectivity index (χ4v) is 8.79. The highest BCUT2D eigenvalue weighted by atomic mass is 32.2. The fraction of sp³-hybridized carbons (Fsp3) is 0.516. The number of aliphatic hydroxyl groups is 1. The van der Waals surface area contributed by atoms with Gasteiger partial charge in [0.1, 0.15) is 0 Å². The Morgan fingerprint density at radius 2 is 1.74 bits per heavy atom. The number of aliphatic carboxylic acids is 1. The number of aliphatic hydroxyl groups excluding tert-OH is 1. The number of hydrogen-bond donors (Lipinski definition) is 4. The van der Waals surface area contributed by atoms with Crippen LogP contribution in [0.2, 0.25) is 0 Å². The average Bonchev–Trinajstić information content (AvgIpc) is 3.32. The Morgan fingerprint density at radius 3 is 2.40 bits per heavy atom. The van der Waals surface area contributed by atoms with E-state index in [0.29, 0.717) is 29.2 Å². The molecule has 2 aliphatic carbocycles. The summed E-state index contributed by atoms with van der Waals surface area (Å²) in [5.74, 6) is -1.09. The van der Waals surface area contributed by atoms with Gasteiger partial charge in [-0.3, -0.25) is 9.59 Å². The van der Waals surface area contributed by atoms with Crippen LogP contribution < -0.4 is 10.0 Å². The average molecular weight is 614 g/mol. The number of carbonyl (C=O) groups is 2. The minimum atomic E-state index is -3.91. The summed E-state index contributed by atoms with van der Waals surface area (Å²) in [4.78, 5) is 30.3. The van der Waals surface area contributed by atoms with Gasteiger partial charge in [-0.05, 0) is 56.9 Å². The number of amides is 1. The van der Waals surface area contributed by atoms with Crippen LogP contribution in [0, 0.1) is 11.8 Å². The first-order valence-electron chi connectivity index (χ1n) is 14.7. The van der Waals surface area contributed by atoms with Crippen molar-refractivity contribution in [3.63, 3.8) is 0 Å². The number of benzene rings is 2. The highest BCUT2D eigenvalue weighted by Crippen LogP contribution is 2.40. The van der Waals surface area contributed by atoms with E-state index < -0.39 is 27.4 Å². The smallest absolute Gasteiger partial charge is 0.306 e. The molecule has 2 aliphatic rings. The molecule has 0 unspecified atom stereocenters. The van der Waals surface area contributed by atoms with Crippen LogP contribution in [-0.2, 0) is 21.2 Å². The van der Waals surface area contributed by atoms with Crippen LogP contribution in [0.1, 0.15) is 80.7 Å². The number of sulfonamides is 1. The summed E-state index contributed by atoms with van der Waals surface area (Å²) < 4.78 is 29.8. The molecule has 1 heterocycles. The van der Waals surface area contributed by atoms with E-state index in [9.17, 15) is 28.2 Å². The van der Waals surface area contributed by atoms with Gasteiger partial charge in [-0.1, -0.05) is 62.4 Å². The van der Waals surface area contributed by atoms with Crippen LogP contribution in [0.25, 0.3) is 21.2 Å². The molecule has 3 aromatic rings. The number of hydrogen-bond acceptors (Lipinski definition) is 7. The van der Waals surface area contributed by atoms with Gasteiger partial charge in [-0.15, -0.1) is 11.3 Å². The van der Waals surface area contributed by atoms with E-state index in [0.717, 1.165) is 40.8 Å². The van der Waals surface area contributed by atoms with E-state index in [1.54, 1.807) is 32.0 Å². The Kier molecular flexibility index (Phi) is 9.03. The second kappa shape index (κ2) is 12.4. The molecule has 2 fully saturated rings. The van der Waals surface area contributed by atoms with Gasteiger partial charge >= 0.3 is 5.97 Å². The maximum absolute atomic E-state index is 13.5. The first-order valence-corrected chi connectivity index (χ1v) is 17.0. The van der Waals surface area contributed by atoms with Gasteiger partial charge in [-0.2, -0.15) is 0 Å². The summed E-state index contributed by atoms with van der Waals surface area (Å²) in [6.07, 6.45) is 7.67. The second-order valence-electron chi connectivity index (χ2n) is 12.3. The number of fused-ring (bicyclic) bond motifs is 1. The molecule has 2 aromatic carbocycles. The minimum absolute atomic E-state index is 0.138. The molecule has 0 atom stereocenters. The quantitative estimate of drug-likeness (QED) is 0.235. The summed E-state index contributed by atoms with van der Waals surface area (Å²) in [5.41, 5.74) is 0.846. The normalized spacial score (nSPS) is 19.9. The maximum atomic E-state index is 13.5. The summed E-state index contributed by atoms with van der Waals surface area (Å²) in [6.45, 7) is 3.34. The van der Waals surface area contributed by atoms with Gasteiger partial charge in [0.15, 0.2) is 5.01 Å². The van der Waals surface area contributed by atoms with E-state index in [2.05, 4.69) is 10.0 Å². The van der Waals surface area contributed by atoms with Crippen LogP contribution in [0.4, 0.5) is 0 Å². The molecular formula is C31H39N3O6S2. The van der Waals surface area contributed by atoms with Crippen LogP contribution in [0.5, 0.6) is 0 Å². The lowest BCUT2D eigenvalue weighted by atomic mass is 9.80. The SMILES string of the molecule is CC(C)(CCO)NS(=O)(=O)c1ccc(-c2sc(C(=O)NC3CC(C(=O)O)C3)nc2CC2CCCCC2)c2ccccc12. The van der Waals surface area contributed by atoms with Gasteiger partial charge in [-0.25, -0.2) is 18.1 Å². The first kappa shape index (κ1) is 30.6. The molecule has 0 saturated heterocycles. The Balaban J connectivity index is 1.52. The lowest BCUT2D eigenvalue weighted by Crippen LogP contribution is -2.46. The summed E-state index contributed by atoms with van der Waals surface area (Å²) in [6, 6.07) is 10.6. The van der Waals surface area contributed by atoms with Gasteiger partial charge in [0.2, 0.25) is 10.0 Å². The van der Waals surface area contributed by atoms with Crippen LogP contribution in [0.15, 0.2) is 41.3 Å². The molecule has 226 valence electrons. The molecule has 2 saturated carbocycles. The molecule has 4 N–H and O–H groups in total. The van der Waals surface area contributed by atoms with E-state index in [1.165, 1.54) is 30.6 Å². The van der Waals surface area contributed by atoms with Crippen molar-refractivity contribution in [3.8, 4) is 10.4 Å². The predicted molar refractivity (Wildman–Crippen MR) is 163 cm³/mol. The van der Waals surface area contributed by atoms with Crippen molar-refractivity contribution in [2.24, 2.45) is 11.8 Å². The van der Waals surface area contributed by atoms with Crippen LogP contribution in [-0.4, -0.2) is 53.7 Å². The molecule has 0 radical (unpaired) electrons. The zero-order valence-corrected chi connectivity index (χ0v) is 25.7. The van der Waals surface area contributed by atoms with E-state index in [4.69, 9.17) is 4.98 Å². The highest BCUT2D eigenvalue weighted by molar-refractivity contribution is 7.89. The number of nitrogens with one attached hydrogen (secondary N) is 2. The number of carboxylic acid groups (broad SMARTS) is 1. The van der Waals surface area contributed by atoms with Crippen LogP contribution >= 0.6 is 11.3 Å². The largest absolute Gasteiger partial charge is 0.481 e. The zero-order valence-electron chi connectivity index (χ0n) is 24.1. The number of carboxylic acids is 1.